The first kappa shape index (κ1) is 23.7. The fourth-order valence-electron chi connectivity index (χ4n) is 4.30. The van der Waals surface area contributed by atoms with Crippen LogP contribution in [0.4, 0.5) is 4.39 Å². The molecular weight excluding hydrogens is 441 g/mol. The van der Waals surface area contributed by atoms with Crippen LogP contribution in [0.5, 0.6) is 0 Å². The number of carbonyl (C=O) groups excluding carboxylic acids is 2. The van der Waals surface area contributed by atoms with E-state index in [1.807, 2.05) is 12.3 Å². The maximum absolute atomic E-state index is 14.7. The molecule has 1 aromatic carbocycles. The Morgan fingerprint density at radius 3 is 2.82 bits per heavy atom. The van der Waals surface area contributed by atoms with Crippen LogP contribution in [-0.2, 0) is 20.9 Å². The zero-order chi connectivity index (χ0) is 23.4. The number of thiol groups is 1. The SMILES string of the molecule is CCOC(=O)CCn1cc(/C=C2\CN(C(C(=O)C3CC3)c3ccccc3F)CCC2S)cn1. The van der Waals surface area contributed by atoms with E-state index in [4.69, 9.17) is 17.4 Å². The van der Waals surface area contributed by atoms with E-state index in [-0.39, 0.29) is 35.2 Å². The predicted octanol–water partition coefficient (Wildman–Crippen LogP) is 4.08. The topological polar surface area (TPSA) is 64.4 Å². The van der Waals surface area contributed by atoms with E-state index in [9.17, 15) is 14.0 Å². The summed E-state index contributed by atoms with van der Waals surface area (Å²) in [5.74, 6) is -0.430. The highest BCUT2D eigenvalue weighted by atomic mass is 32.1. The van der Waals surface area contributed by atoms with E-state index in [0.717, 1.165) is 30.4 Å². The Morgan fingerprint density at radius 1 is 1.30 bits per heavy atom. The van der Waals surface area contributed by atoms with Gasteiger partial charge < -0.3 is 4.74 Å². The fourth-order valence-corrected chi connectivity index (χ4v) is 4.57. The van der Waals surface area contributed by atoms with E-state index in [2.05, 4.69) is 10.00 Å². The van der Waals surface area contributed by atoms with Gasteiger partial charge in [-0.15, -0.1) is 0 Å². The predicted molar refractivity (Wildman–Crippen MR) is 127 cm³/mol. The number of hydrogen-bond acceptors (Lipinski definition) is 6. The number of aryl methyl sites for hydroxylation is 1. The van der Waals surface area contributed by atoms with Crippen LogP contribution in [-0.4, -0.2) is 51.4 Å². The van der Waals surface area contributed by atoms with Crippen LogP contribution in [0.2, 0.25) is 0 Å². The van der Waals surface area contributed by atoms with Crippen LogP contribution in [0.25, 0.3) is 6.08 Å². The molecule has 8 heteroatoms. The van der Waals surface area contributed by atoms with Gasteiger partial charge in [-0.1, -0.05) is 24.3 Å². The van der Waals surface area contributed by atoms with E-state index < -0.39 is 6.04 Å². The number of esters is 1. The van der Waals surface area contributed by atoms with Gasteiger partial charge in [-0.2, -0.15) is 17.7 Å². The van der Waals surface area contributed by atoms with E-state index in [1.165, 1.54) is 6.07 Å². The monoisotopic (exact) mass is 471 g/mol. The molecule has 176 valence electrons. The average molecular weight is 472 g/mol. The summed E-state index contributed by atoms with van der Waals surface area (Å²) in [6.07, 6.45) is 8.49. The van der Waals surface area contributed by atoms with Gasteiger partial charge in [0, 0.05) is 41.6 Å². The zero-order valence-corrected chi connectivity index (χ0v) is 19.7. The number of benzene rings is 1. The highest BCUT2D eigenvalue weighted by Gasteiger charge is 2.40. The minimum absolute atomic E-state index is 0.0355. The Kier molecular flexibility index (Phi) is 7.65. The second kappa shape index (κ2) is 10.7. The molecule has 0 N–H and O–H groups in total. The number of nitrogens with zero attached hydrogens (tertiary/aromatic N) is 3. The minimum Gasteiger partial charge on any atom is -0.466 e. The number of Topliss-reactive ketones (excluding diaryl/α,β-unsaturated/α-hetero) is 1. The summed E-state index contributed by atoms with van der Waals surface area (Å²) in [5.41, 5.74) is 2.43. The lowest BCUT2D eigenvalue weighted by Gasteiger charge is -2.37. The largest absolute Gasteiger partial charge is 0.466 e. The molecule has 1 aliphatic carbocycles. The Hall–Kier alpha value is -2.45. The number of ketones is 1. The normalized spacial score (nSPS) is 21.2. The molecule has 2 fully saturated rings. The van der Waals surface area contributed by atoms with Gasteiger partial charge >= 0.3 is 5.97 Å². The third-order valence-electron chi connectivity index (χ3n) is 6.17. The molecule has 1 saturated heterocycles. The first-order chi connectivity index (χ1) is 16.0. The Bertz CT molecular complexity index is 1030. The van der Waals surface area contributed by atoms with Crippen molar-refractivity contribution in [1.82, 2.24) is 14.7 Å². The summed E-state index contributed by atoms with van der Waals surface area (Å²) >= 11 is 4.76. The van der Waals surface area contributed by atoms with Gasteiger partial charge in [0.2, 0.25) is 0 Å². The summed E-state index contributed by atoms with van der Waals surface area (Å²) in [7, 11) is 0. The Morgan fingerprint density at radius 2 is 2.09 bits per heavy atom. The number of ether oxygens (including phenoxy) is 1. The third kappa shape index (κ3) is 5.92. The number of hydrogen-bond donors (Lipinski definition) is 1. The van der Waals surface area contributed by atoms with Gasteiger partial charge in [0.25, 0.3) is 0 Å². The third-order valence-corrected chi connectivity index (χ3v) is 6.76. The minimum atomic E-state index is -0.574. The summed E-state index contributed by atoms with van der Waals surface area (Å²) in [6, 6.07) is 6.02. The zero-order valence-electron chi connectivity index (χ0n) is 18.8. The van der Waals surface area contributed by atoms with Gasteiger partial charge in [0.05, 0.1) is 31.8 Å². The van der Waals surface area contributed by atoms with Crippen molar-refractivity contribution in [2.24, 2.45) is 5.92 Å². The number of carbonyl (C=O) groups is 2. The summed E-state index contributed by atoms with van der Waals surface area (Å²) < 4.78 is 21.4. The molecule has 2 heterocycles. The molecule has 0 radical (unpaired) electrons. The van der Waals surface area contributed by atoms with E-state index >= 15 is 0 Å². The molecule has 0 spiro atoms. The maximum atomic E-state index is 14.7. The van der Waals surface area contributed by atoms with Crippen LogP contribution < -0.4 is 0 Å². The van der Waals surface area contributed by atoms with Gasteiger partial charge in [-0.3, -0.25) is 19.2 Å². The van der Waals surface area contributed by atoms with E-state index in [1.54, 1.807) is 36.0 Å². The molecule has 1 saturated carbocycles. The van der Waals surface area contributed by atoms with Gasteiger partial charge in [0.15, 0.2) is 5.78 Å². The number of piperidine rings is 1. The molecule has 4 rings (SSSR count). The standard InChI is InChI=1S/C25H30FN3O3S/c1-2-32-23(30)10-12-29-15-17(14-27-29)13-19-16-28(11-9-22(19)33)24(25(31)18-7-8-18)20-5-3-4-6-21(20)26/h3-6,13-15,18,22,24,33H,2,7-12,16H2,1H3/b19-13+. The van der Waals surface area contributed by atoms with Crippen LogP contribution in [0, 0.1) is 11.7 Å². The lowest BCUT2D eigenvalue weighted by atomic mass is 9.93. The molecule has 1 aromatic heterocycles. The number of halogens is 1. The van der Waals surface area contributed by atoms with Crippen LogP contribution >= 0.6 is 12.6 Å². The second-order valence-electron chi connectivity index (χ2n) is 8.69. The van der Waals surface area contributed by atoms with Crippen molar-refractivity contribution < 1.29 is 18.7 Å². The Balaban J connectivity index is 1.51. The van der Waals surface area contributed by atoms with Crippen molar-refractivity contribution in [3.8, 4) is 0 Å². The molecule has 2 aromatic rings. The first-order valence-corrected chi connectivity index (χ1v) is 12.1. The highest BCUT2D eigenvalue weighted by molar-refractivity contribution is 7.81. The Labute approximate surface area is 199 Å². The van der Waals surface area contributed by atoms with Crippen LogP contribution in [0.3, 0.4) is 0 Å². The smallest absolute Gasteiger partial charge is 0.307 e. The van der Waals surface area contributed by atoms with Crippen molar-refractivity contribution >= 4 is 30.5 Å². The maximum Gasteiger partial charge on any atom is 0.307 e. The summed E-state index contributed by atoms with van der Waals surface area (Å²) in [5, 5.41) is 4.39. The van der Waals surface area contributed by atoms with Gasteiger partial charge in [0.1, 0.15) is 5.82 Å². The summed E-state index contributed by atoms with van der Waals surface area (Å²) in [6.45, 7) is 3.82. The molecule has 0 amide bonds. The van der Waals surface area contributed by atoms with Crippen molar-refractivity contribution in [3.05, 3.63) is 59.2 Å². The highest BCUT2D eigenvalue weighted by Crippen LogP contribution is 2.39. The molecule has 2 atom stereocenters. The second-order valence-corrected chi connectivity index (χ2v) is 9.31. The molecular formula is C25H30FN3O3S. The van der Waals surface area contributed by atoms with Gasteiger partial charge in [-0.05, 0) is 37.8 Å². The molecule has 33 heavy (non-hydrogen) atoms. The van der Waals surface area contributed by atoms with Crippen LogP contribution in [0.1, 0.15) is 49.8 Å². The van der Waals surface area contributed by atoms with Crippen molar-refractivity contribution in [2.45, 2.75) is 50.4 Å². The quantitative estimate of drug-likeness (QED) is 0.441. The number of likely N-dealkylation sites (tertiary alicyclic amines) is 1. The van der Waals surface area contributed by atoms with Crippen LogP contribution in [0.15, 0.2) is 42.2 Å². The van der Waals surface area contributed by atoms with Gasteiger partial charge in [-0.25, -0.2) is 4.39 Å². The number of rotatable bonds is 9. The molecule has 0 bridgehead atoms. The lowest BCUT2D eigenvalue weighted by Crippen LogP contribution is -2.42. The molecule has 6 nitrogen and oxygen atoms in total. The average Bonchev–Trinajstić information content (AvgIpc) is 3.56. The molecule has 2 unspecified atom stereocenters. The fraction of sp³-hybridized carbons (Fsp3) is 0.480. The van der Waals surface area contributed by atoms with Crippen molar-refractivity contribution in [2.75, 3.05) is 19.7 Å². The summed E-state index contributed by atoms with van der Waals surface area (Å²) in [4.78, 5) is 26.9. The van der Waals surface area contributed by atoms with E-state index in [0.29, 0.717) is 31.8 Å². The molecule has 2 aliphatic rings. The van der Waals surface area contributed by atoms with Crippen molar-refractivity contribution in [1.29, 1.82) is 0 Å². The lowest BCUT2D eigenvalue weighted by molar-refractivity contribution is -0.143. The molecule has 1 aliphatic heterocycles. The van der Waals surface area contributed by atoms with Crippen molar-refractivity contribution in [3.63, 3.8) is 0 Å². The first-order valence-electron chi connectivity index (χ1n) is 11.5. The number of aromatic nitrogens is 2.